The van der Waals surface area contributed by atoms with Crippen LogP contribution in [0, 0.1) is 12.8 Å². The summed E-state index contributed by atoms with van der Waals surface area (Å²) in [4.78, 5) is 26.4. The summed E-state index contributed by atoms with van der Waals surface area (Å²) in [5.74, 6) is 0.122. The van der Waals surface area contributed by atoms with Crippen LogP contribution in [0.25, 0.3) is 0 Å². The summed E-state index contributed by atoms with van der Waals surface area (Å²) < 4.78 is 0.777. The molecule has 1 atom stereocenters. The van der Waals surface area contributed by atoms with Crippen LogP contribution >= 0.6 is 23.1 Å². The second kappa shape index (κ2) is 7.79. The van der Waals surface area contributed by atoms with Gasteiger partial charge < -0.3 is 10.2 Å². The molecule has 0 aliphatic carbocycles. The molecule has 0 bridgehead atoms. The first-order chi connectivity index (χ1) is 12.1. The van der Waals surface area contributed by atoms with Crippen LogP contribution in [-0.2, 0) is 9.59 Å². The topological polar surface area (TPSA) is 75.2 Å². The van der Waals surface area contributed by atoms with E-state index in [-0.39, 0.29) is 24.2 Å². The van der Waals surface area contributed by atoms with Gasteiger partial charge in [-0.25, -0.2) is 0 Å². The zero-order valence-electron chi connectivity index (χ0n) is 13.8. The number of thioether (sulfide) groups is 1. The fraction of sp³-hybridized carbons (Fsp3) is 0.294. The Bertz CT molecular complexity index is 805. The lowest BCUT2D eigenvalue weighted by Gasteiger charge is -2.17. The fourth-order valence-corrected chi connectivity index (χ4v) is 4.10. The first kappa shape index (κ1) is 17.6. The average molecular weight is 374 g/mol. The highest BCUT2D eigenvalue weighted by molar-refractivity contribution is 8.01. The number of aryl methyl sites for hydroxylation is 1. The van der Waals surface area contributed by atoms with Crippen LogP contribution in [0.3, 0.4) is 0 Å². The molecular formula is C17H18N4O2S2. The molecule has 1 aliphatic heterocycles. The summed E-state index contributed by atoms with van der Waals surface area (Å²) in [7, 11) is 0. The molecule has 1 aromatic heterocycles. The Kier molecular flexibility index (Phi) is 5.50. The van der Waals surface area contributed by atoms with Gasteiger partial charge in [0.25, 0.3) is 0 Å². The predicted molar refractivity (Wildman–Crippen MR) is 101 cm³/mol. The smallest absolute Gasteiger partial charge is 0.231 e. The highest BCUT2D eigenvalue weighted by Crippen LogP contribution is 2.28. The molecule has 0 radical (unpaired) electrons. The molecule has 6 nitrogen and oxygen atoms in total. The number of carbonyl (C=O) groups excluding carboxylic acids is 2. The van der Waals surface area contributed by atoms with Gasteiger partial charge in [0.2, 0.25) is 16.9 Å². The van der Waals surface area contributed by atoms with Crippen molar-refractivity contribution < 1.29 is 9.59 Å². The van der Waals surface area contributed by atoms with E-state index in [0.717, 1.165) is 21.3 Å². The maximum absolute atomic E-state index is 12.5. The van der Waals surface area contributed by atoms with Gasteiger partial charge in [-0.15, -0.1) is 16.8 Å². The second-order valence-corrected chi connectivity index (χ2v) is 7.95. The zero-order valence-corrected chi connectivity index (χ0v) is 15.4. The summed E-state index contributed by atoms with van der Waals surface area (Å²) in [6.45, 7) is 6.01. The number of carbonyl (C=O) groups is 2. The predicted octanol–water partition coefficient (Wildman–Crippen LogP) is 3.12. The second-order valence-electron chi connectivity index (χ2n) is 5.71. The quantitative estimate of drug-likeness (QED) is 0.478. The van der Waals surface area contributed by atoms with E-state index in [1.165, 1.54) is 23.1 Å². The van der Waals surface area contributed by atoms with Gasteiger partial charge in [-0.2, -0.15) is 0 Å². The molecule has 1 aromatic carbocycles. The molecular weight excluding hydrogens is 356 g/mol. The molecule has 1 aliphatic rings. The Morgan fingerprint density at radius 1 is 1.52 bits per heavy atom. The third kappa shape index (κ3) is 4.26. The van der Waals surface area contributed by atoms with E-state index in [2.05, 4.69) is 22.1 Å². The highest BCUT2D eigenvalue weighted by Gasteiger charge is 2.35. The van der Waals surface area contributed by atoms with E-state index in [0.29, 0.717) is 11.7 Å². The van der Waals surface area contributed by atoms with Crippen LogP contribution in [0.2, 0.25) is 0 Å². The molecule has 8 heteroatoms. The summed E-state index contributed by atoms with van der Waals surface area (Å²) in [6, 6.07) is 7.73. The number of hydrogen-bond donors (Lipinski definition) is 1. The summed E-state index contributed by atoms with van der Waals surface area (Å²) in [5, 5.41) is 11.2. The van der Waals surface area contributed by atoms with Crippen LogP contribution in [0.5, 0.6) is 0 Å². The zero-order chi connectivity index (χ0) is 17.8. The number of rotatable bonds is 6. The van der Waals surface area contributed by atoms with Gasteiger partial charge in [-0.3, -0.25) is 9.59 Å². The Balaban J connectivity index is 1.62. The van der Waals surface area contributed by atoms with Crippen molar-refractivity contribution in [2.24, 2.45) is 5.92 Å². The summed E-state index contributed by atoms with van der Waals surface area (Å²) >= 11 is 2.84. The molecule has 130 valence electrons. The minimum absolute atomic E-state index is 0.0368. The number of anilines is 2. The molecule has 2 heterocycles. The molecule has 25 heavy (non-hydrogen) atoms. The largest absolute Gasteiger partial charge is 0.312 e. The fourth-order valence-electron chi connectivity index (χ4n) is 2.58. The van der Waals surface area contributed by atoms with E-state index < -0.39 is 0 Å². The van der Waals surface area contributed by atoms with Gasteiger partial charge in [-0.05, 0) is 24.6 Å². The molecule has 2 aromatic rings. The molecule has 1 saturated heterocycles. The van der Waals surface area contributed by atoms with Crippen LogP contribution in [0.1, 0.15) is 12.0 Å². The SMILES string of the molecule is C=CCSc1nnc(NC(=O)[C@H]2CC(=O)N(c3cccc(C)c3)C2)s1. The maximum Gasteiger partial charge on any atom is 0.231 e. The van der Waals surface area contributed by atoms with Gasteiger partial charge in [0.1, 0.15) is 0 Å². The van der Waals surface area contributed by atoms with Crippen LogP contribution in [-0.4, -0.2) is 34.3 Å². The third-order valence-corrected chi connectivity index (χ3v) is 5.74. The highest BCUT2D eigenvalue weighted by atomic mass is 32.2. The van der Waals surface area contributed by atoms with Crippen molar-refractivity contribution >= 4 is 45.7 Å². The molecule has 0 spiro atoms. The van der Waals surface area contributed by atoms with Gasteiger partial charge in [0, 0.05) is 24.4 Å². The number of benzene rings is 1. The van der Waals surface area contributed by atoms with Crippen molar-refractivity contribution in [1.29, 1.82) is 0 Å². The number of aromatic nitrogens is 2. The molecule has 0 saturated carbocycles. The van der Waals surface area contributed by atoms with Gasteiger partial charge in [0.15, 0.2) is 4.34 Å². The Labute approximate surface area is 154 Å². The van der Waals surface area contributed by atoms with Crippen molar-refractivity contribution in [2.75, 3.05) is 22.5 Å². The Morgan fingerprint density at radius 2 is 2.36 bits per heavy atom. The van der Waals surface area contributed by atoms with Crippen LogP contribution < -0.4 is 10.2 Å². The van der Waals surface area contributed by atoms with E-state index in [9.17, 15) is 9.59 Å². The van der Waals surface area contributed by atoms with Crippen molar-refractivity contribution in [3.63, 3.8) is 0 Å². The molecule has 1 fully saturated rings. The summed E-state index contributed by atoms with van der Waals surface area (Å²) in [6.07, 6.45) is 1.99. The third-order valence-electron chi connectivity index (χ3n) is 3.77. The molecule has 0 unspecified atom stereocenters. The minimum Gasteiger partial charge on any atom is -0.312 e. The van der Waals surface area contributed by atoms with Gasteiger partial charge in [0.05, 0.1) is 5.92 Å². The van der Waals surface area contributed by atoms with Crippen molar-refractivity contribution in [3.8, 4) is 0 Å². The van der Waals surface area contributed by atoms with Crippen molar-refractivity contribution in [1.82, 2.24) is 10.2 Å². The maximum atomic E-state index is 12.5. The van der Waals surface area contributed by atoms with Crippen molar-refractivity contribution in [2.45, 2.75) is 17.7 Å². The number of nitrogens with zero attached hydrogens (tertiary/aromatic N) is 3. The van der Waals surface area contributed by atoms with Gasteiger partial charge in [-0.1, -0.05) is 41.3 Å². The first-order valence-corrected chi connectivity index (χ1v) is 9.62. The number of nitrogens with one attached hydrogen (secondary N) is 1. The van der Waals surface area contributed by atoms with E-state index >= 15 is 0 Å². The Morgan fingerprint density at radius 3 is 3.12 bits per heavy atom. The van der Waals surface area contributed by atoms with E-state index in [1.807, 2.05) is 31.2 Å². The van der Waals surface area contributed by atoms with Gasteiger partial charge >= 0.3 is 0 Å². The van der Waals surface area contributed by atoms with E-state index in [1.54, 1.807) is 11.0 Å². The lowest BCUT2D eigenvalue weighted by atomic mass is 10.1. The van der Waals surface area contributed by atoms with Crippen molar-refractivity contribution in [3.05, 3.63) is 42.5 Å². The normalized spacial score (nSPS) is 16.9. The number of amides is 2. The lowest BCUT2D eigenvalue weighted by molar-refractivity contribution is -0.122. The van der Waals surface area contributed by atoms with Crippen LogP contribution in [0.15, 0.2) is 41.3 Å². The average Bonchev–Trinajstić information content (AvgIpc) is 3.19. The molecule has 1 N–H and O–H groups in total. The Hall–Kier alpha value is -2.19. The lowest BCUT2D eigenvalue weighted by Crippen LogP contribution is -2.28. The standard InChI is InChI=1S/C17H18N4O2S2/c1-3-7-24-17-20-19-16(25-17)18-15(23)12-9-14(22)21(10-12)13-6-4-5-11(2)8-13/h3-6,8,12H,1,7,9-10H2,2H3,(H,18,19,23)/t12-/m0/s1. The minimum atomic E-state index is -0.388. The van der Waals surface area contributed by atoms with E-state index in [4.69, 9.17) is 0 Å². The summed E-state index contributed by atoms with van der Waals surface area (Å²) in [5.41, 5.74) is 1.91. The first-order valence-electron chi connectivity index (χ1n) is 7.82. The number of hydrogen-bond acceptors (Lipinski definition) is 6. The monoisotopic (exact) mass is 374 g/mol. The molecule has 3 rings (SSSR count). The molecule has 2 amide bonds. The van der Waals surface area contributed by atoms with Crippen LogP contribution in [0.4, 0.5) is 10.8 Å².